The van der Waals surface area contributed by atoms with Crippen molar-refractivity contribution in [3.05, 3.63) is 23.3 Å². The normalized spacial score (nSPS) is 13.1. The van der Waals surface area contributed by atoms with Crippen LogP contribution in [-0.4, -0.2) is 17.5 Å². The van der Waals surface area contributed by atoms with Gasteiger partial charge in [-0.25, -0.2) is 0 Å². The van der Waals surface area contributed by atoms with Crippen LogP contribution in [0.4, 0.5) is 0 Å². The van der Waals surface area contributed by atoms with Crippen LogP contribution in [0.5, 0.6) is 0 Å². The monoisotopic (exact) mass is 210 g/mol. The maximum Gasteiger partial charge on any atom is 0.130 e. The van der Waals surface area contributed by atoms with Crippen molar-refractivity contribution in [1.82, 2.24) is 0 Å². The van der Waals surface area contributed by atoms with E-state index in [0.717, 1.165) is 19.3 Å². The number of aliphatic hydroxyl groups is 1. The Kier molecular flexibility index (Phi) is 7.92. The van der Waals surface area contributed by atoms with E-state index in [0.29, 0.717) is 6.42 Å². The summed E-state index contributed by atoms with van der Waals surface area (Å²) < 4.78 is 0. The van der Waals surface area contributed by atoms with Crippen LogP contribution >= 0.6 is 0 Å². The number of hydrogen-bond donors (Lipinski definition) is 1. The van der Waals surface area contributed by atoms with Crippen LogP contribution in [0.25, 0.3) is 0 Å². The predicted octanol–water partition coefficient (Wildman–Crippen LogP) is 3.02. The number of carbonyl (C=O) groups excluding carboxylic acids is 1. The summed E-state index contributed by atoms with van der Waals surface area (Å²) in [4.78, 5) is 10.8. The minimum absolute atomic E-state index is 0.124. The molecule has 0 spiro atoms. The Morgan fingerprint density at radius 1 is 1.00 bits per heavy atom. The zero-order chi connectivity index (χ0) is 11.7. The molecule has 0 heterocycles. The Balaban J connectivity index is 3.76. The van der Waals surface area contributed by atoms with Crippen LogP contribution < -0.4 is 0 Å². The van der Waals surface area contributed by atoms with E-state index in [1.807, 2.05) is 13.0 Å². The molecule has 0 aliphatic carbocycles. The Morgan fingerprint density at radius 2 is 1.60 bits per heavy atom. The lowest BCUT2D eigenvalue weighted by atomic mass is 10.1. The molecule has 0 saturated carbocycles. The molecule has 0 fully saturated rings. The fourth-order valence-electron chi connectivity index (χ4n) is 1.28. The van der Waals surface area contributed by atoms with Crippen molar-refractivity contribution in [3.8, 4) is 0 Å². The Morgan fingerprint density at radius 3 is 2.13 bits per heavy atom. The lowest BCUT2D eigenvalue weighted by Crippen LogP contribution is -1.90. The molecule has 2 heteroatoms. The lowest BCUT2D eigenvalue weighted by Gasteiger charge is -2.00. The van der Waals surface area contributed by atoms with E-state index < -0.39 is 0 Å². The van der Waals surface area contributed by atoms with Crippen molar-refractivity contribution in [3.63, 3.8) is 0 Å². The predicted molar refractivity (Wildman–Crippen MR) is 63.7 cm³/mol. The minimum atomic E-state index is 0.124. The second-order valence-electron chi connectivity index (χ2n) is 4.02. The first-order chi connectivity index (χ1) is 7.06. The molecule has 86 valence electrons. The van der Waals surface area contributed by atoms with E-state index in [1.54, 1.807) is 6.92 Å². The molecule has 0 amide bonds. The van der Waals surface area contributed by atoms with Gasteiger partial charge in [0, 0.05) is 6.42 Å². The molecule has 0 saturated heterocycles. The van der Waals surface area contributed by atoms with Crippen molar-refractivity contribution in [2.45, 2.75) is 46.5 Å². The Bertz CT molecular complexity index is 249. The van der Waals surface area contributed by atoms with Crippen LogP contribution in [0.3, 0.4) is 0 Å². The number of carbonyl (C=O) groups is 1. The number of aliphatic hydroxyl groups excluding tert-OH is 1. The molecule has 0 aromatic rings. The van der Waals surface area contributed by atoms with Crippen molar-refractivity contribution in [2.75, 3.05) is 6.61 Å². The topological polar surface area (TPSA) is 37.3 Å². The van der Waals surface area contributed by atoms with Crippen molar-refractivity contribution in [1.29, 1.82) is 0 Å². The molecule has 0 rings (SSSR count). The molecule has 2 nitrogen and oxygen atoms in total. The number of Topliss-reactive ketones (excluding diaryl/α,β-unsaturated/α-hetero) is 1. The summed E-state index contributed by atoms with van der Waals surface area (Å²) in [6, 6.07) is 0. The first-order valence-electron chi connectivity index (χ1n) is 5.47. The second-order valence-corrected chi connectivity index (χ2v) is 4.02. The Labute approximate surface area is 92.7 Å². The van der Waals surface area contributed by atoms with Crippen molar-refractivity contribution < 1.29 is 9.90 Å². The molecular formula is C13H22O2. The van der Waals surface area contributed by atoms with E-state index >= 15 is 0 Å². The fourth-order valence-corrected chi connectivity index (χ4v) is 1.28. The van der Waals surface area contributed by atoms with E-state index in [-0.39, 0.29) is 12.4 Å². The maximum atomic E-state index is 10.8. The first-order valence-corrected chi connectivity index (χ1v) is 5.47. The van der Waals surface area contributed by atoms with Gasteiger partial charge in [-0.05, 0) is 40.0 Å². The molecule has 0 aliphatic heterocycles. The average molecular weight is 210 g/mol. The zero-order valence-corrected chi connectivity index (χ0v) is 10.0. The Hall–Kier alpha value is -0.890. The number of allylic oxidation sites excluding steroid dienone is 3. The van der Waals surface area contributed by atoms with Gasteiger partial charge in [-0.3, -0.25) is 0 Å². The van der Waals surface area contributed by atoms with Gasteiger partial charge in [0.2, 0.25) is 0 Å². The van der Waals surface area contributed by atoms with Crippen LogP contribution in [-0.2, 0) is 4.79 Å². The lowest BCUT2D eigenvalue weighted by molar-refractivity contribution is -0.116. The van der Waals surface area contributed by atoms with Gasteiger partial charge in [0.15, 0.2) is 0 Å². The highest BCUT2D eigenvalue weighted by Gasteiger charge is 1.95. The summed E-state index contributed by atoms with van der Waals surface area (Å²) in [7, 11) is 0. The van der Waals surface area contributed by atoms with Gasteiger partial charge in [0.25, 0.3) is 0 Å². The standard InChI is InChI=1S/C13H22O2/c1-11(7-8-13(3)15)5-4-6-12(2)9-10-14/h5,9,14H,4,6-8,10H2,1-3H3. The summed E-state index contributed by atoms with van der Waals surface area (Å²) in [5, 5.41) is 8.66. The number of rotatable bonds is 7. The third-order valence-corrected chi connectivity index (χ3v) is 2.34. The maximum absolute atomic E-state index is 10.8. The molecule has 15 heavy (non-hydrogen) atoms. The third-order valence-electron chi connectivity index (χ3n) is 2.34. The molecular weight excluding hydrogens is 188 g/mol. The molecule has 1 N–H and O–H groups in total. The zero-order valence-electron chi connectivity index (χ0n) is 10.0. The number of ketones is 1. The van der Waals surface area contributed by atoms with E-state index in [4.69, 9.17) is 5.11 Å². The molecule has 0 radical (unpaired) electrons. The van der Waals surface area contributed by atoms with Gasteiger partial charge in [0.1, 0.15) is 5.78 Å². The summed E-state index contributed by atoms with van der Waals surface area (Å²) >= 11 is 0. The van der Waals surface area contributed by atoms with Crippen LogP contribution in [0.1, 0.15) is 46.5 Å². The molecule has 0 unspecified atom stereocenters. The summed E-state index contributed by atoms with van der Waals surface area (Å²) in [5.74, 6) is 0.249. The summed E-state index contributed by atoms with van der Waals surface area (Å²) in [5.41, 5.74) is 2.50. The van der Waals surface area contributed by atoms with Gasteiger partial charge in [0.05, 0.1) is 6.61 Å². The summed E-state index contributed by atoms with van der Waals surface area (Å²) in [6.07, 6.45) is 7.51. The van der Waals surface area contributed by atoms with E-state index in [9.17, 15) is 4.79 Å². The smallest absolute Gasteiger partial charge is 0.130 e. The SMILES string of the molecule is CC(=O)CCC(C)=CCCC(C)=CCO. The van der Waals surface area contributed by atoms with Crippen molar-refractivity contribution >= 4 is 5.78 Å². The number of hydrogen-bond acceptors (Lipinski definition) is 2. The summed E-state index contributed by atoms with van der Waals surface area (Å²) in [6.45, 7) is 5.84. The molecule has 0 atom stereocenters. The van der Waals surface area contributed by atoms with Gasteiger partial charge >= 0.3 is 0 Å². The van der Waals surface area contributed by atoms with Gasteiger partial charge in [-0.1, -0.05) is 23.3 Å². The highest BCUT2D eigenvalue weighted by atomic mass is 16.2. The van der Waals surface area contributed by atoms with Crippen LogP contribution in [0, 0.1) is 0 Å². The van der Waals surface area contributed by atoms with Gasteiger partial charge in [-0.2, -0.15) is 0 Å². The quantitative estimate of drug-likeness (QED) is 0.656. The van der Waals surface area contributed by atoms with Gasteiger partial charge in [-0.15, -0.1) is 0 Å². The first kappa shape index (κ1) is 14.1. The van der Waals surface area contributed by atoms with Crippen molar-refractivity contribution in [2.24, 2.45) is 0 Å². The average Bonchev–Trinajstić information content (AvgIpc) is 2.15. The molecule has 0 aromatic heterocycles. The third kappa shape index (κ3) is 9.42. The molecule has 0 aromatic carbocycles. The van der Waals surface area contributed by atoms with Crippen LogP contribution in [0.2, 0.25) is 0 Å². The fraction of sp³-hybridized carbons (Fsp3) is 0.615. The van der Waals surface area contributed by atoms with E-state index in [1.165, 1.54) is 11.1 Å². The highest BCUT2D eigenvalue weighted by molar-refractivity contribution is 5.75. The molecule has 0 aliphatic rings. The van der Waals surface area contributed by atoms with Gasteiger partial charge < -0.3 is 9.90 Å². The molecule has 0 bridgehead atoms. The largest absolute Gasteiger partial charge is 0.392 e. The minimum Gasteiger partial charge on any atom is -0.392 e. The van der Waals surface area contributed by atoms with E-state index in [2.05, 4.69) is 13.0 Å². The second kappa shape index (κ2) is 8.42. The van der Waals surface area contributed by atoms with Crippen LogP contribution in [0.15, 0.2) is 23.3 Å². The highest BCUT2D eigenvalue weighted by Crippen LogP contribution is 2.10.